The molecule has 0 radical (unpaired) electrons. The molecule has 4 nitrogen and oxygen atoms in total. The maximum atomic E-state index is 9.54. The Bertz CT molecular complexity index is 437. The maximum absolute atomic E-state index is 9.54. The predicted molar refractivity (Wildman–Crippen MR) is 81.6 cm³/mol. The molecule has 1 aromatic carbocycles. The van der Waals surface area contributed by atoms with Crippen molar-refractivity contribution in [1.29, 1.82) is 0 Å². The van der Waals surface area contributed by atoms with Crippen LogP contribution in [0.1, 0.15) is 12.8 Å². The first-order chi connectivity index (χ1) is 9.58. The fourth-order valence-electron chi connectivity index (χ4n) is 2.32. The molecule has 0 spiro atoms. The standard InChI is InChI=1S/C14H20Cl2N2O2/c15-13-2-1-12(7-14(13)16)20-11-3-5-18(6-4-11)9-10(19)8-17/h1-2,7,10-11,19H,3-6,8-9,17H2/t10-/m0/s1. The molecule has 0 unspecified atom stereocenters. The summed E-state index contributed by atoms with van der Waals surface area (Å²) in [4.78, 5) is 2.21. The van der Waals surface area contributed by atoms with Gasteiger partial charge in [0.1, 0.15) is 11.9 Å². The van der Waals surface area contributed by atoms with Crippen LogP contribution in [0, 0.1) is 0 Å². The van der Waals surface area contributed by atoms with Gasteiger partial charge >= 0.3 is 0 Å². The number of likely N-dealkylation sites (tertiary alicyclic amines) is 1. The summed E-state index contributed by atoms with van der Waals surface area (Å²) in [6, 6.07) is 5.32. The normalized spacial score (nSPS) is 19.0. The third-order valence-electron chi connectivity index (χ3n) is 3.47. The largest absolute Gasteiger partial charge is 0.490 e. The molecule has 0 aliphatic carbocycles. The van der Waals surface area contributed by atoms with E-state index in [-0.39, 0.29) is 6.10 Å². The molecule has 2 rings (SSSR count). The van der Waals surface area contributed by atoms with E-state index in [1.807, 2.05) is 6.07 Å². The SMILES string of the molecule is NC[C@H](O)CN1CCC(Oc2ccc(Cl)c(Cl)c2)CC1. The van der Waals surface area contributed by atoms with Crippen molar-refractivity contribution in [2.45, 2.75) is 25.0 Å². The lowest BCUT2D eigenvalue weighted by molar-refractivity contribution is 0.0641. The van der Waals surface area contributed by atoms with Gasteiger partial charge in [0.15, 0.2) is 0 Å². The van der Waals surface area contributed by atoms with Gasteiger partial charge in [0.05, 0.1) is 16.1 Å². The molecule has 3 N–H and O–H groups in total. The minimum absolute atomic E-state index is 0.179. The Morgan fingerprint density at radius 1 is 1.30 bits per heavy atom. The molecule has 1 aliphatic rings. The van der Waals surface area contributed by atoms with Crippen LogP contribution in [0.15, 0.2) is 18.2 Å². The highest BCUT2D eigenvalue weighted by molar-refractivity contribution is 6.42. The molecule has 0 bridgehead atoms. The first-order valence-electron chi connectivity index (χ1n) is 6.80. The van der Waals surface area contributed by atoms with E-state index in [4.69, 9.17) is 33.7 Å². The van der Waals surface area contributed by atoms with E-state index in [1.165, 1.54) is 0 Å². The topological polar surface area (TPSA) is 58.7 Å². The van der Waals surface area contributed by atoms with Crippen LogP contribution in [-0.4, -0.2) is 48.4 Å². The van der Waals surface area contributed by atoms with Gasteiger partial charge in [-0.25, -0.2) is 0 Å². The molecule has 0 amide bonds. The quantitative estimate of drug-likeness (QED) is 0.873. The average molecular weight is 319 g/mol. The second-order valence-electron chi connectivity index (χ2n) is 5.08. The molecule has 0 aromatic heterocycles. The summed E-state index contributed by atoms with van der Waals surface area (Å²) in [5.41, 5.74) is 5.42. The van der Waals surface area contributed by atoms with E-state index in [1.54, 1.807) is 12.1 Å². The van der Waals surface area contributed by atoms with E-state index >= 15 is 0 Å². The fraction of sp³-hybridized carbons (Fsp3) is 0.571. The van der Waals surface area contributed by atoms with Gasteiger partial charge in [-0.3, -0.25) is 0 Å². The smallest absolute Gasteiger partial charge is 0.121 e. The summed E-state index contributed by atoms with van der Waals surface area (Å²) in [5.74, 6) is 0.750. The highest BCUT2D eigenvalue weighted by Gasteiger charge is 2.22. The van der Waals surface area contributed by atoms with Gasteiger partial charge in [-0.2, -0.15) is 0 Å². The van der Waals surface area contributed by atoms with Crippen molar-refractivity contribution in [1.82, 2.24) is 4.90 Å². The molecule has 1 fully saturated rings. The number of nitrogens with two attached hydrogens (primary N) is 1. The van der Waals surface area contributed by atoms with Crippen molar-refractivity contribution >= 4 is 23.2 Å². The van der Waals surface area contributed by atoms with Gasteiger partial charge in [-0.15, -0.1) is 0 Å². The number of hydrogen-bond acceptors (Lipinski definition) is 4. The zero-order chi connectivity index (χ0) is 14.5. The molecule has 1 aliphatic heterocycles. The Hall–Kier alpha value is -0.520. The van der Waals surface area contributed by atoms with Crippen LogP contribution in [0.3, 0.4) is 0 Å². The Balaban J connectivity index is 1.80. The lowest BCUT2D eigenvalue weighted by atomic mass is 10.1. The van der Waals surface area contributed by atoms with Crippen molar-refractivity contribution in [2.24, 2.45) is 5.73 Å². The summed E-state index contributed by atoms with van der Waals surface area (Å²) in [5, 5.41) is 10.6. The second-order valence-corrected chi connectivity index (χ2v) is 5.90. The zero-order valence-electron chi connectivity index (χ0n) is 11.3. The molecule has 112 valence electrons. The number of benzene rings is 1. The summed E-state index contributed by atoms with van der Waals surface area (Å²) < 4.78 is 5.91. The summed E-state index contributed by atoms with van der Waals surface area (Å²) in [7, 11) is 0. The first kappa shape index (κ1) is 15.9. The third-order valence-corrected chi connectivity index (χ3v) is 4.21. The Labute approximate surface area is 129 Å². The van der Waals surface area contributed by atoms with E-state index < -0.39 is 6.10 Å². The van der Waals surface area contributed by atoms with Crippen LogP contribution >= 0.6 is 23.2 Å². The van der Waals surface area contributed by atoms with Crippen LogP contribution in [0.2, 0.25) is 10.0 Å². The Morgan fingerprint density at radius 3 is 2.60 bits per heavy atom. The van der Waals surface area contributed by atoms with Crippen LogP contribution < -0.4 is 10.5 Å². The summed E-state index contributed by atoms with van der Waals surface area (Å²) in [6.07, 6.45) is 1.59. The van der Waals surface area contributed by atoms with Crippen molar-refractivity contribution in [3.63, 3.8) is 0 Å². The van der Waals surface area contributed by atoms with Gasteiger partial charge in [-0.1, -0.05) is 23.2 Å². The van der Waals surface area contributed by atoms with Crippen molar-refractivity contribution in [3.05, 3.63) is 28.2 Å². The summed E-state index contributed by atoms with van der Waals surface area (Å²) >= 11 is 11.8. The lowest BCUT2D eigenvalue weighted by Crippen LogP contribution is -2.43. The Kier molecular flexibility index (Phi) is 5.93. The van der Waals surface area contributed by atoms with Crippen molar-refractivity contribution in [2.75, 3.05) is 26.2 Å². The van der Waals surface area contributed by atoms with Crippen LogP contribution in [0.4, 0.5) is 0 Å². The molecular formula is C14H20Cl2N2O2. The molecule has 6 heteroatoms. The van der Waals surface area contributed by atoms with Gasteiger partial charge in [-0.05, 0) is 25.0 Å². The molecule has 1 atom stereocenters. The van der Waals surface area contributed by atoms with E-state index in [0.29, 0.717) is 23.1 Å². The second kappa shape index (κ2) is 7.48. The fourth-order valence-corrected chi connectivity index (χ4v) is 2.61. The van der Waals surface area contributed by atoms with Gasteiger partial charge in [0.25, 0.3) is 0 Å². The minimum atomic E-state index is -0.442. The number of aliphatic hydroxyl groups is 1. The average Bonchev–Trinajstić information content (AvgIpc) is 2.45. The van der Waals surface area contributed by atoms with Crippen LogP contribution in [0.5, 0.6) is 5.75 Å². The molecular weight excluding hydrogens is 299 g/mol. The molecule has 1 saturated heterocycles. The number of aliphatic hydroxyl groups excluding tert-OH is 1. The molecule has 1 heterocycles. The Morgan fingerprint density at radius 2 is 2.00 bits per heavy atom. The third kappa shape index (κ3) is 4.50. The predicted octanol–water partition coefficient (Wildman–Crippen LogP) is 2.16. The molecule has 0 saturated carbocycles. The van der Waals surface area contributed by atoms with Crippen LogP contribution in [-0.2, 0) is 0 Å². The van der Waals surface area contributed by atoms with Gasteiger partial charge < -0.3 is 20.5 Å². The highest BCUT2D eigenvalue weighted by atomic mass is 35.5. The number of rotatable bonds is 5. The van der Waals surface area contributed by atoms with Gasteiger partial charge in [0.2, 0.25) is 0 Å². The minimum Gasteiger partial charge on any atom is -0.490 e. The lowest BCUT2D eigenvalue weighted by Gasteiger charge is -2.33. The number of halogens is 2. The summed E-state index contributed by atoms with van der Waals surface area (Å²) in [6.45, 7) is 2.75. The first-order valence-corrected chi connectivity index (χ1v) is 7.56. The zero-order valence-corrected chi connectivity index (χ0v) is 12.8. The van der Waals surface area contributed by atoms with E-state index in [9.17, 15) is 5.11 Å². The van der Waals surface area contributed by atoms with E-state index in [2.05, 4.69) is 4.90 Å². The number of β-amino-alcohol motifs (C(OH)–C–C–N with tert-alkyl or cyclic N) is 1. The number of hydrogen-bond donors (Lipinski definition) is 2. The number of piperidine rings is 1. The van der Waals surface area contributed by atoms with Crippen molar-refractivity contribution < 1.29 is 9.84 Å². The number of ether oxygens (including phenoxy) is 1. The monoisotopic (exact) mass is 318 g/mol. The highest BCUT2D eigenvalue weighted by Crippen LogP contribution is 2.28. The van der Waals surface area contributed by atoms with Crippen molar-refractivity contribution in [3.8, 4) is 5.75 Å². The number of nitrogens with zero attached hydrogens (tertiary/aromatic N) is 1. The molecule has 20 heavy (non-hydrogen) atoms. The van der Waals surface area contributed by atoms with E-state index in [0.717, 1.165) is 31.7 Å². The van der Waals surface area contributed by atoms with Gasteiger partial charge in [0, 0.05) is 32.2 Å². The molecule has 1 aromatic rings. The maximum Gasteiger partial charge on any atom is 0.121 e. The van der Waals surface area contributed by atoms with Crippen LogP contribution in [0.25, 0.3) is 0 Å².